The summed E-state index contributed by atoms with van der Waals surface area (Å²) in [5, 5.41) is 0. The standard InChI is InChI=1S/C10H12F3N/c1-7-3-5-8(2)14-9(6-4-7)10(11,12)13/h3-4,6,8H,5H2,1-2H3. The lowest BCUT2D eigenvalue weighted by Crippen LogP contribution is -2.23. The van der Waals surface area contributed by atoms with Gasteiger partial charge in [-0.3, -0.25) is 4.99 Å². The molecule has 0 aromatic rings. The van der Waals surface area contributed by atoms with Crippen LogP contribution in [0.5, 0.6) is 0 Å². The SMILES string of the molecule is CC1=CCC(C)N=C(C(F)(F)F)C=C1. The van der Waals surface area contributed by atoms with E-state index in [2.05, 4.69) is 4.99 Å². The first-order valence-corrected chi connectivity index (χ1v) is 4.39. The van der Waals surface area contributed by atoms with Gasteiger partial charge >= 0.3 is 6.18 Å². The number of aliphatic imine (C=N–C) groups is 1. The third-order valence-electron chi connectivity index (χ3n) is 1.93. The Morgan fingerprint density at radius 2 is 2.00 bits per heavy atom. The number of hydrogen-bond donors (Lipinski definition) is 0. The summed E-state index contributed by atoms with van der Waals surface area (Å²) < 4.78 is 37.1. The molecular weight excluding hydrogens is 191 g/mol. The molecule has 0 aliphatic carbocycles. The van der Waals surface area contributed by atoms with E-state index >= 15 is 0 Å². The van der Waals surface area contributed by atoms with Crippen LogP contribution in [0.3, 0.4) is 0 Å². The van der Waals surface area contributed by atoms with Crippen molar-refractivity contribution in [3.63, 3.8) is 0 Å². The Kier molecular flexibility index (Phi) is 3.13. The molecule has 1 aliphatic rings. The first kappa shape index (κ1) is 11.0. The van der Waals surface area contributed by atoms with Gasteiger partial charge in [0.25, 0.3) is 0 Å². The summed E-state index contributed by atoms with van der Waals surface area (Å²) in [5.41, 5.74) is 0.0472. The van der Waals surface area contributed by atoms with Crippen molar-refractivity contribution in [1.82, 2.24) is 0 Å². The second kappa shape index (κ2) is 3.98. The van der Waals surface area contributed by atoms with E-state index in [0.29, 0.717) is 6.42 Å². The smallest absolute Gasteiger partial charge is 0.277 e. The molecule has 0 amide bonds. The molecule has 0 aromatic carbocycles. The predicted octanol–water partition coefficient (Wildman–Crippen LogP) is 3.28. The maximum Gasteiger partial charge on any atom is 0.432 e. The second-order valence-corrected chi connectivity index (χ2v) is 3.38. The largest absolute Gasteiger partial charge is 0.432 e. The van der Waals surface area contributed by atoms with Gasteiger partial charge in [-0.25, -0.2) is 0 Å². The fraction of sp³-hybridized carbons (Fsp3) is 0.500. The molecule has 4 heteroatoms. The molecule has 0 N–H and O–H groups in total. The highest BCUT2D eigenvalue weighted by atomic mass is 19.4. The number of allylic oxidation sites excluding steroid dienone is 3. The molecule has 0 bridgehead atoms. The van der Waals surface area contributed by atoms with Gasteiger partial charge in [-0.1, -0.05) is 17.7 Å². The van der Waals surface area contributed by atoms with Crippen LogP contribution in [0.4, 0.5) is 13.2 Å². The topological polar surface area (TPSA) is 12.4 Å². The normalized spacial score (nSPS) is 23.6. The zero-order valence-corrected chi connectivity index (χ0v) is 8.10. The van der Waals surface area contributed by atoms with Gasteiger partial charge < -0.3 is 0 Å². The number of alkyl halides is 3. The highest BCUT2D eigenvalue weighted by Gasteiger charge is 2.34. The van der Waals surface area contributed by atoms with Gasteiger partial charge in [0, 0.05) is 0 Å². The van der Waals surface area contributed by atoms with Crippen LogP contribution < -0.4 is 0 Å². The van der Waals surface area contributed by atoms with E-state index in [-0.39, 0.29) is 6.04 Å². The van der Waals surface area contributed by atoms with Crippen molar-refractivity contribution in [1.29, 1.82) is 0 Å². The van der Waals surface area contributed by atoms with Gasteiger partial charge in [0.15, 0.2) is 0 Å². The van der Waals surface area contributed by atoms with Gasteiger partial charge in [-0.2, -0.15) is 13.2 Å². The molecule has 0 aromatic heterocycles. The Labute approximate surface area is 81.0 Å². The van der Waals surface area contributed by atoms with Crippen LogP contribution >= 0.6 is 0 Å². The molecule has 0 fully saturated rings. The lowest BCUT2D eigenvalue weighted by Gasteiger charge is -2.12. The van der Waals surface area contributed by atoms with E-state index in [9.17, 15) is 13.2 Å². The van der Waals surface area contributed by atoms with Gasteiger partial charge in [-0.05, 0) is 26.3 Å². The molecule has 1 nitrogen and oxygen atoms in total. The summed E-state index contributed by atoms with van der Waals surface area (Å²) in [5.74, 6) is 0. The zero-order chi connectivity index (χ0) is 10.8. The minimum atomic E-state index is -4.34. The lowest BCUT2D eigenvalue weighted by atomic mass is 10.1. The first-order chi connectivity index (χ1) is 6.39. The van der Waals surface area contributed by atoms with Crippen molar-refractivity contribution in [2.24, 2.45) is 4.99 Å². The fourth-order valence-corrected chi connectivity index (χ4v) is 1.14. The van der Waals surface area contributed by atoms with Crippen LogP contribution in [-0.4, -0.2) is 17.9 Å². The number of rotatable bonds is 0. The Balaban J connectivity index is 3.00. The van der Waals surface area contributed by atoms with Crippen molar-refractivity contribution < 1.29 is 13.2 Å². The molecule has 0 radical (unpaired) electrons. The van der Waals surface area contributed by atoms with E-state index < -0.39 is 11.9 Å². The van der Waals surface area contributed by atoms with Crippen LogP contribution in [-0.2, 0) is 0 Å². The van der Waals surface area contributed by atoms with E-state index in [1.807, 2.05) is 6.08 Å². The number of nitrogens with zero attached hydrogens (tertiary/aromatic N) is 1. The summed E-state index contributed by atoms with van der Waals surface area (Å²) >= 11 is 0. The van der Waals surface area contributed by atoms with Gasteiger partial charge in [-0.15, -0.1) is 0 Å². The molecule has 1 atom stereocenters. The molecule has 14 heavy (non-hydrogen) atoms. The maximum atomic E-state index is 12.4. The van der Waals surface area contributed by atoms with Crippen molar-refractivity contribution in [3.05, 3.63) is 23.8 Å². The Morgan fingerprint density at radius 3 is 2.57 bits per heavy atom. The van der Waals surface area contributed by atoms with Gasteiger partial charge in [0.05, 0.1) is 6.04 Å². The first-order valence-electron chi connectivity index (χ1n) is 4.39. The average Bonchev–Trinajstić information content (AvgIpc) is 2.03. The molecule has 78 valence electrons. The summed E-state index contributed by atoms with van der Waals surface area (Å²) in [6.45, 7) is 3.46. The molecule has 1 heterocycles. The molecule has 1 aliphatic heterocycles. The van der Waals surface area contributed by atoms with Crippen LogP contribution in [0.1, 0.15) is 20.3 Å². The fourth-order valence-electron chi connectivity index (χ4n) is 1.14. The van der Waals surface area contributed by atoms with Crippen LogP contribution in [0.2, 0.25) is 0 Å². The summed E-state index contributed by atoms with van der Waals surface area (Å²) in [6, 6.07) is -0.313. The van der Waals surface area contributed by atoms with E-state index in [1.54, 1.807) is 13.8 Å². The highest BCUT2D eigenvalue weighted by Crippen LogP contribution is 2.21. The average molecular weight is 203 g/mol. The van der Waals surface area contributed by atoms with Crippen LogP contribution in [0, 0.1) is 0 Å². The van der Waals surface area contributed by atoms with Crippen LogP contribution in [0.15, 0.2) is 28.8 Å². The zero-order valence-electron chi connectivity index (χ0n) is 8.10. The highest BCUT2D eigenvalue weighted by molar-refractivity contribution is 5.99. The Morgan fingerprint density at radius 1 is 1.36 bits per heavy atom. The van der Waals surface area contributed by atoms with E-state index in [4.69, 9.17) is 0 Å². The summed E-state index contributed by atoms with van der Waals surface area (Å²) in [4.78, 5) is 3.60. The summed E-state index contributed by atoms with van der Waals surface area (Å²) in [7, 11) is 0. The maximum absolute atomic E-state index is 12.4. The third kappa shape index (κ3) is 3.01. The molecule has 1 unspecified atom stereocenters. The van der Waals surface area contributed by atoms with Crippen molar-refractivity contribution in [2.75, 3.05) is 0 Å². The monoisotopic (exact) mass is 203 g/mol. The predicted molar refractivity (Wildman–Crippen MR) is 50.5 cm³/mol. The Hall–Kier alpha value is -1.06. The second-order valence-electron chi connectivity index (χ2n) is 3.38. The van der Waals surface area contributed by atoms with Crippen LogP contribution in [0.25, 0.3) is 0 Å². The minimum Gasteiger partial charge on any atom is -0.277 e. The quantitative estimate of drug-likeness (QED) is 0.573. The number of hydrogen-bond acceptors (Lipinski definition) is 1. The van der Waals surface area contributed by atoms with E-state index in [0.717, 1.165) is 11.6 Å². The van der Waals surface area contributed by atoms with Gasteiger partial charge in [0.2, 0.25) is 0 Å². The molecule has 0 spiro atoms. The Bertz CT molecular complexity index is 297. The minimum absolute atomic E-state index is 0.313. The lowest BCUT2D eigenvalue weighted by molar-refractivity contribution is -0.0580. The van der Waals surface area contributed by atoms with Crippen molar-refractivity contribution in [2.45, 2.75) is 32.5 Å². The molecule has 0 saturated carbocycles. The van der Waals surface area contributed by atoms with Crippen molar-refractivity contribution >= 4 is 5.71 Å². The van der Waals surface area contributed by atoms with Gasteiger partial charge in [0.1, 0.15) is 5.71 Å². The van der Waals surface area contributed by atoms with E-state index in [1.165, 1.54) is 6.08 Å². The molecule has 0 saturated heterocycles. The molecule has 1 rings (SSSR count). The summed E-state index contributed by atoms with van der Waals surface area (Å²) in [6.07, 6.45) is 0.565. The van der Waals surface area contributed by atoms with Crippen molar-refractivity contribution in [3.8, 4) is 0 Å². The number of halogens is 3. The molecular formula is C10H12F3N. The third-order valence-corrected chi connectivity index (χ3v) is 1.93.